The summed E-state index contributed by atoms with van der Waals surface area (Å²) in [6.07, 6.45) is 1.09. The zero-order valence-corrected chi connectivity index (χ0v) is 27.6. The zero-order chi connectivity index (χ0) is 29.6. The molecule has 6 nitrogen and oxygen atoms in total. The second-order valence-corrected chi connectivity index (χ2v) is 13.0. The molecule has 1 amide bonds. The molecule has 0 radical (unpaired) electrons. The summed E-state index contributed by atoms with van der Waals surface area (Å²) in [6.45, 7) is 9.02. The Hall–Kier alpha value is -2.83. The molecular formula is C32H43FN2O4Si2. The van der Waals surface area contributed by atoms with Crippen LogP contribution in [0.3, 0.4) is 0 Å². The number of hydrogen-bond donors (Lipinski definition) is 1. The summed E-state index contributed by atoms with van der Waals surface area (Å²) in [5.74, 6) is 0.432. The second-order valence-electron chi connectivity index (χ2n) is 11.1. The summed E-state index contributed by atoms with van der Waals surface area (Å²) in [6, 6.07) is 22.5. The number of amides is 1. The number of rotatable bonds is 14. The zero-order valence-electron chi connectivity index (χ0n) is 24.8. The fourth-order valence-electron chi connectivity index (χ4n) is 6.05. The predicted octanol–water partition coefficient (Wildman–Crippen LogP) is 5.21. The summed E-state index contributed by atoms with van der Waals surface area (Å²) >= 11 is 0. The third-order valence-electron chi connectivity index (χ3n) is 8.30. The van der Waals surface area contributed by atoms with Crippen LogP contribution in [0.4, 0.5) is 10.1 Å². The fourth-order valence-corrected chi connectivity index (χ4v) is 7.90. The van der Waals surface area contributed by atoms with E-state index in [1.54, 1.807) is 7.11 Å². The van der Waals surface area contributed by atoms with Crippen LogP contribution in [0.1, 0.15) is 55.3 Å². The summed E-state index contributed by atoms with van der Waals surface area (Å²) in [7, 11) is 0.218. The lowest BCUT2D eigenvalue weighted by Gasteiger charge is -2.49. The van der Waals surface area contributed by atoms with Gasteiger partial charge in [0.2, 0.25) is 5.91 Å². The molecule has 1 aliphatic rings. The van der Waals surface area contributed by atoms with Crippen molar-refractivity contribution in [1.29, 1.82) is 0 Å². The van der Waals surface area contributed by atoms with Crippen LogP contribution in [0.2, 0.25) is 13.1 Å². The minimum absolute atomic E-state index is 0.0106. The Kier molecular flexibility index (Phi) is 10.5. The van der Waals surface area contributed by atoms with Gasteiger partial charge in [-0.15, -0.1) is 0 Å². The van der Waals surface area contributed by atoms with Crippen molar-refractivity contribution in [3.8, 4) is 5.75 Å². The van der Waals surface area contributed by atoms with Gasteiger partial charge in [-0.05, 0) is 71.8 Å². The molecule has 3 aromatic rings. The van der Waals surface area contributed by atoms with Crippen molar-refractivity contribution < 1.29 is 22.8 Å². The molecule has 1 aliphatic heterocycles. The lowest BCUT2D eigenvalue weighted by Crippen LogP contribution is -2.55. The first kappa shape index (κ1) is 31.1. The topological polar surface area (TPSA) is 74.0 Å². The van der Waals surface area contributed by atoms with E-state index in [-0.39, 0.29) is 41.3 Å². The molecule has 2 unspecified atom stereocenters. The number of nitrogens with zero attached hydrogens (tertiary/aromatic N) is 1. The maximum absolute atomic E-state index is 13.9. The average Bonchev–Trinajstić information content (AvgIpc) is 2.98. The number of ether oxygens (including phenoxy) is 1. The highest BCUT2D eigenvalue weighted by Gasteiger charge is 2.49. The lowest BCUT2D eigenvalue weighted by atomic mass is 9.69. The van der Waals surface area contributed by atoms with Gasteiger partial charge < -0.3 is 24.2 Å². The number of methoxy groups -OCH3 is 1. The van der Waals surface area contributed by atoms with Gasteiger partial charge in [0.15, 0.2) is 19.5 Å². The van der Waals surface area contributed by atoms with Crippen molar-refractivity contribution in [2.75, 3.05) is 12.0 Å². The van der Waals surface area contributed by atoms with E-state index in [2.05, 4.69) is 26.9 Å². The molecule has 3 atom stereocenters. The minimum atomic E-state index is -0.716. The number of anilines is 1. The van der Waals surface area contributed by atoms with Gasteiger partial charge in [-0.25, -0.2) is 4.39 Å². The number of halogens is 1. The van der Waals surface area contributed by atoms with Gasteiger partial charge in [-0.2, -0.15) is 0 Å². The van der Waals surface area contributed by atoms with Crippen LogP contribution in [0.15, 0.2) is 72.8 Å². The molecule has 0 saturated carbocycles. The largest absolute Gasteiger partial charge is 0.497 e. The van der Waals surface area contributed by atoms with E-state index in [1.165, 1.54) is 12.1 Å². The van der Waals surface area contributed by atoms with Crippen LogP contribution in [0.25, 0.3) is 0 Å². The summed E-state index contributed by atoms with van der Waals surface area (Å²) in [4.78, 5) is 15.7. The van der Waals surface area contributed by atoms with Gasteiger partial charge in [0.1, 0.15) is 17.9 Å². The highest BCUT2D eigenvalue weighted by Crippen LogP contribution is 2.49. The van der Waals surface area contributed by atoms with Crippen LogP contribution in [0.5, 0.6) is 5.75 Å². The van der Waals surface area contributed by atoms with E-state index in [0.29, 0.717) is 13.0 Å². The van der Waals surface area contributed by atoms with Crippen LogP contribution >= 0.6 is 0 Å². The van der Waals surface area contributed by atoms with Crippen molar-refractivity contribution in [1.82, 2.24) is 0 Å². The first-order valence-corrected chi connectivity index (χ1v) is 18.5. The van der Waals surface area contributed by atoms with Crippen LogP contribution in [-0.2, 0) is 20.2 Å². The first-order valence-electron chi connectivity index (χ1n) is 14.5. The summed E-state index contributed by atoms with van der Waals surface area (Å²) < 4.78 is 31.8. The number of carbonyl (C=O) groups is 1. The molecule has 0 spiro atoms. The molecular weight excluding hydrogens is 552 g/mol. The number of nitrogens with two attached hydrogens (primary N) is 1. The average molecular weight is 595 g/mol. The summed E-state index contributed by atoms with van der Waals surface area (Å²) in [5, 5.41) is 0. The van der Waals surface area contributed by atoms with E-state index in [4.69, 9.17) is 19.3 Å². The lowest BCUT2D eigenvalue weighted by molar-refractivity contribution is -0.131. The van der Waals surface area contributed by atoms with Crippen LogP contribution < -0.4 is 15.4 Å². The molecule has 0 aliphatic carbocycles. The van der Waals surface area contributed by atoms with Crippen molar-refractivity contribution in [2.45, 2.75) is 64.6 Å². The monoisotopic (exact) mass is 594 g/mol. The molecule has 1 heterocycles. The molecule has 4 rings (SSSR count). The van der Waals surface area contributed by atoms with E-state index in [9.17, 15) is 9.18 Å². The normalized spacial score (nSPS) is 19.2. The third kappa shape index (κ3) is 6.81. The highest BCUT2D eigenvalue weighted by molar-refractivity contribution is 6.26. The maximum Gasteiger partial charge on any atom is 0.233 e. The molecule has 220 valence electrons. The molecule has 1 fully saturated rings. The van der Waals surface area contributed by atoms with E-state index in [1.807, 2.05) is 65.6 Å². The minimum Gasteiger partial charge on any atom is -0.497 e. The number of hydrogen-bond acceptors (Lipinski definition) is 5. The Labute approximate surface area is 248 Å². The quantitative estimate of drug-likeness (QED) is 0.158. The predicted molar refractivity (Wildman–Crippen MR) is 168 cm³/mol. The Morgan fingerprint density at radius 3 is 2.10 bits per heavy atom. The molecule has 9 heteroatoms. The molecule has 1 saturated heterocycles. The Morgan fingerprint density at radius 1 is 0.951 bits per heavy atom. The first-order chi connectivity index (χ1) is 19.7. The molecule has 3 aromatic carbocycles. The SMILES string of the molecule is COc1ccc(C2C(CC[C@@H](c3ccc(F)cc3)C(C)(C)C(O[SiH2]C)O[SiH2]C)C(=O)N2c2ccc(CN)cc2)cc1. The molecule has 0 aromatic heterocycles. The van der Waals surface area contributed by atoms with Gasteiger partial charge in [0, 0.05) is 17.6 Å². The Morgan fingerprint density at radius 2 is 1.56 bits per heavy atom. The van der Waals surface area contributed by atoms with Crippen molar-refractivity contribution in [2.24, 2.45) is 17.1 Å². The number of β-lactam (4-membered cyclic amide) rings is 1. The van der Waals surface area contributed by atoms with E-state index in [0.717, 1.165) is 34.5 Å². The second kappa shape index (κ2) is 13.9. The molecule has 41 heavy (non-hydrogen) atoms. The van der Waals surface area contributed by atoms with Gasteiger partial charge in [0.25, 0.3) is 0 Å². The third-order valence-corrected chi connectivity index (χ3v) is 9.57. The number of carbonyl (C=O) groups excluding carboxylic acids is 1. The maximum atomic E-state index is 13.9. The Bertz CT molecular complexity index is 1270. The van der Waals surface area contributed by atoms with Crippen molar-refractivity contribution >= 4 is 31.1 Å². The van der Waals surface area contributed by atoms with Gasteiger partial charge in [-0.3, -0.25) is 4.79 Å². The smallest absolute Gasteiger partial charge is 0.233 e. The van der Waals surface area contributed by atoms with E-state index < -0.39 is 19.5 Å². The summed E-state index contributed by atoms with van der Waals surface area (Å²) in [5.41, 5.74) is 9.42. The van der Waals surface area contributed by atoms with E-state index >= 15 is 0 Å². The molecule has 0 bridgehead atoms. The standard InChI is InChI=1S/C32H43FN2O4Si2/c1-32(2,31(38-40-4)39-41-5)28(22-8-12-24(33)13-9-22)19-18-27-29(23-10-16-26(37-3)17-11-23)35(30(27)36)25-14-6-21(20-34)7-15-25/h6-17,27-29,31H,18-20,34,40-41H2,1-5H3/t27?,28-,29?/m0/s1. The van der Waals surface area contributed by atoms with Crippen molar-refractivity contribution in [3.63, 3.8) is 0 Å². The van der Waals surface area contributed by atoms with Crippen LogP contribution in [-0.4, -0.2) is 38.8 Å². The van der Waals surface area contributed by atoms with Gasteiger partial charge >= 0.3 is 0 Å². The van der Waals surface area contributed by atoms with Gasteiger partial charge in [0.05, 0.1) is 19.1 Å². The van der Waals surface area contributed by atoms with Crippen LogP contribution in [0, 0.1) is 17.2 Å². The molecule has 2 N–H and O–H groups in total. The number of benzene rings is 3. The van der Waals surface area contributed by atoms with Crippen molar-refractivity contribution in [3.05, 3.63) is 95.3 Å². The highest BCUT2D eigenvalue weighted by atomic mass is 28.2. The Balaban J connectivity index is 1.65. The van der Waals surface area contributed by atoms with Gasteiger partial charge in [-0.1, -0.05) is 63.3 Å². The fraction of sp³-hybridized carbons (Fsp3) is 0.406.